The Morgan fingerprint density at radius 3 is 2.00 bits per heavy atom. The van der Waals surface area contributed by atoms with Gasteiger partial charge in [-0.25, -0.2) is 0 Å². The van der Waals surface area contributed by atoms with Gasteiger partial charge in [0.05, 0.1) is 0 Å². The molecule has 6 nitrogen and oxygen atoms in total. The fraction of sp³-hybridized carbons (Fsp3) is 0.250. The number of carbonyl (C=O) groups is 3. The third-order valence-corrected chi connectivity index (χ3v) is 4.46. The van der Waals surface area contributed by atoms with Crippen LogP contribution in [0.1, 0.15) is 49.5 Å². The van der Waals surface area contributed by atoms with E-state index in [0.717, 1.165) is 18.4 Å². The standard InChI is InChI=1S/C20H21N3O3/c1-22-19(25)15-4-2-13(3-5-15)12-23(17-10-11-17)20(26)16-8-6-14(7-9-16)18(21)24/h2-9,17H,10-12H2,1H3,(H2,21,24)(H,22,25). The number of carbonyl (C=O) groups excluding carboxylic acids is 3. The molecule has 1 aliphatic rings. The van der Waals surface area contributed by atoms with Crippen molar-refractivity contribution in [1.82, 2.24) is 10.2 Å². The molecule has 6 heteroatoms. The van der Waals surface area contributed by atoms with E-state index in [1.807, 2.05) is 17.0 Å². The molecule has 3 rings (SSSR count). The molecule has 0 aromatic heterocycles. The Bertz CT molecular complexity index is 824. The Morgan fingerprint density at radius 1 is 0.962 bits per heavy atom. The van der Waals surface area contributed by atoms with Crippen molar-refractivity contribution in [1.29, 1.82) is 0 Å². The quantitative estimate of drug-likeness (QED) is 0.833. The average molecular weight is 351 g/mol. The van der Waals surface area contributed by atoms with Gasteiger partial charge >= 0.3 is 0 Å². The number of benzene rings is 2. The Morgan fingerprint density at radius 2 is 1.50 bits per heavy atom. The highest BCUT2D eigenvalue weighted by molar-refractivity contribution is 5.97. The number of nitrogens with two attached hydrogens (primary N) is 1. The first-order valence-electron chi connectivity index (χ1n) is 8.51. The van der Waals surface area contributed by atoms with Gasteiger partial charge in [0, 0.05) is 36.3 Å². The predicted octanol–water partition coefficient (Wildman–Crippen LogP) is 1.95. The first kappa shape index (κ1) is 17.7. The molecule has 0 unspecified atom stereocenters. The van der Waals surface area contributed by atoms with Gasteiger partial charge in [-0.3, -0.25) is 14.4 Å². The van der Waals surface area contributed by atoms with Crippen LogP contribution in [0, 0.1) is 0 Å². The van der Waals surface area contributed by atoms with Crippen LogP contribution >= 0.6 is 0 Å². The lowest BCUT2D eigenvalue weighted by Gasteiger charge is -2.23. The largest absolute Gasteiger partial charge is 0.366 e. The number of amides is 3. The summed E-state index contributed by atoms with van der Waals surface area (Å²) < 4.78 is 0. The molecular formula is C20H21N3O3. The number of nitrogens with one attached hydrogen (secondary N) is 1. The Balaban J connectivity index is 1.75. The molecule has 0 saturated heterocycles. The van der Waals surface area contributed by atoms with Crippen molar-refractivity contribution >= 4 is 17.7 Å². The normalized spacial score (nSPS) is 13.1. The SMILES string of the molecule is CNC(=O)c1ccc(CN(C(=O)c2ccc(C(N)=O)cc2)C2CC2)cc1. The summed E-state index contributed by atoms with van der Waals surface area (Å²) in [6.45, 7) is 0.481. The summed E-state index contributed by atoms with van der Waals surface area (Å²) in [6, 6.07) is 13.9. The maximum absolute atomic E-state index is 12.9. The van der Waals surface area contributed by atoms with E-state index < -0.39 is 5.91 Å². The maximum atomic E-state index is 12.9. The van der Waals surface area contributed by atoms with Gasteiger partial charge in [0.25, 0.3) is 11.8 Å². The summed E-state index contributed by atoms with van der Waals surface area (Å²) in [5.74, 6) is -0.723. The number of rotatable bonds is 6. The summed E-state index contributed by atoms with van der Waals surface area (Å²) in [7, 11) is 1.59. The summed E-state index contributed by atoms with van der Waals surface area (Å²) in [5.41, 5.74) is 7.70. The lowest BCUT2D eigenvalue weighted by molar-refractivity contribution is 0.0729. The smallest absolute Gasteiger partial charge is 0.254 e. The van der Waals surface area contributed by atoms with E-state index >= 15 is 0 Å². The van der Waals surface area contributed by atoms with E-state index in [4.69, 9.17) is 5.73 Å². The molecule has 3 N–H and O–H groups in total. The minimum atomic E-state index is -0.515. The average Bonchev–Trinajstić information content (AvgIpc) is 3.50. The van der Waals surface area contributed by atoms with Crippen molar-refractivity contribution in [3.8, 4) is 0 Å². The van der Waals surface area contributed by atoms with Gasteiger partial charge in [-0.1, -0.05) is 12.1 Å². The van der Waals surface area contributed by atoms with Crippen molar-refractivity contribution < 1.29 is 14.4 Å². The molecular weight excluding hydrogens is 330 g/mol. The van der Waals surface area contributed by atoms with Gasteiger partial charge in [0.2, 0.25) is 5.91 Å². The lowest BCUT2D eigenvalue weighted by atomic mass is 10.1. The molecule has 1 fully saturated rings. The van der Waals surface area contributed by atoms with Crippen LogP contribution in [-0.4, -0.2) is 35.7 Å². The Kier molecular flexibility index (Phi) is 5.02. The third-order valence-electron chi connectivity index (χ3n) is 4.46. The van der Waals surface area contributed by atoms with Crippen molar-refractivity contribution in [3.05, 3.63) is 70.8 Å². The molecule has 26 heavy (non-hydrogen) atoms. The molecule has 3 amide bonds. The summed E-state index contributed by atoms with van der Waals surface area (Å²) in [6.07, 6.45) is 1.98. The van der Waals surface area contributed by atoms with Gasteiger partial charge in [0.15, 0.2) is 0 Å². The highest BCUT2D eigenvalue weighted by atomic mass is 16.2. The van der Waals surface area contributed by atoms with Crippen LogP contribution in [0.4, 0.5) is 0 Å². The second kappa shape index (κ2) is 7.39. The van der Waals surface area contributed by atoms with E-state index in [1.54, 1.807) is 43.4 Å². The molecule has 0 radical (unpaired) electrons. The number of hydrogen-bond donors (Lipinski definition) is 2. The molecule has 1 saturated carbocycles. The highest BCUT2D eigenvalue weighted by Crippen LogP contribution is 2.30. The fourth-order valence-electron chi connectivity index (χ4n) is 2.80. The van der Waals surface area contributed by atoms with E-state index in [1.165, 1.54) is 0 Å². The van der Waals surface area contributed by atoms with Gasteiger partial charge in [-0.15, -0.1) is 0 Å². The monoisotopic (exact) mass is 351 g/mol. The zero-order valence-corrected chi connectivity index (χ0v) is 14.6. The summed E-state index contributed by atoms with van der Waals surface area (Å²) >= 11 is 0. The minimum Gasteiger partial charge on any atom is -0.366 e. The van der Waals surface area contributed by atoms with Crippen LogP contribution in [0.3, 0.4) is 0 Å². The fourth-order valence-corrected chi connectivity index (χ4v) is 2.80. The van der Waals surface area contributed by atoms with Crippen LogP contribution in [-0.2, 0) is 6.54 Å². The van der Waals surface area contributed by atoms with Crippen LogP contribution in [0.15, 0.2) is 48.5 Å². The molecule has 1 aliphatic carbocycles. The first-order chi connectivity index (χ1) is 12.5. The summed E-state index contributed by atoms with van der Waals surface area (Å²) in [4.78, 5) is 37.5. The topological polar surface area (TPSA) is 92.5 Å². The van der Waals surface area contributed by atoms with Crippen LogP contribution in [0.25, 0.3) is 0 Å². The van der Waals surface area contributed by atoms with Crippen molar-refractivity contribution in [2.45, 2.75) is 25.4 Å². The Labute approximate surface area is 152 Å². The van der Waals surface area contributed by atoms with Crippen LogP contribution < -0.4 is 11.1 Å². The summed E-state index contributed by atoms with van der Waals surface area (Å²) in [5, 5.41) is 2.59. The zero-order valence-electron chi connectivity index (χ0n) is 14.6. The molecule has 2 aromatic rings. The molecule has 0 atom stereocenters. The molecule has 0 spiro atoms. The Hall–Kier alpha value is -3.15. The van der Waals surface area contributed by atoms with E-state index in [-0.39, 0.29) is 17.9 Å². The van der Waals surface area contributed by atoms with Gasteiger partial charge in [-0.2, -0.15) is 0 Å². The first-order valence-corrected chi connectivity index (χ1v) is 8.51. The number of nitrogens with zero attached hydrogens (tertiary/aromatic N) is 1. The van der Waals surface area contributed by atoms with Gasteiger partial charge in [-0.05, 0) is 54.8 Å². The molecule has 0 heterocycles. The second-order valence-corrected chi connectivity index (χ2v) is 6.38. The maximum Gasteiger partial charge on any atom is 0.254 e. The molecule has 0 bridgehead atoms. The zero-order chi connectivity index (χ0) is 18.7. The number of hydrogen-bond acceptors (Lipinski definition) is 3. The minimum absolute atomic E-state index is 0.0705. The van der Waals surface area contributed by atoms with Gasteiger partial charge < -0.3 is 16.0 Å². The third kappa shape index (κ3) is 3.91. The molecule has 2 aromatic carbocycles. The molecule has 0 aliphatic heterocycles. The van der Waals surface area contributed by atoms with Crippen molar-refractivity contribution in [3.63, 3.8) is 0 Å². The van der Waals surface area contributed by atoms with E-state index in [2.05, 4.69) is 5.32 Å². The lowest BCUT2D eigenvalue weighted by Crippen LogP contribution is -2.32. The highest BCUT2D eigenvalue weighted by Gasteiger charge is 2.33. The number of primary amides is 1. The van der Waals surface area contributed by atoms with Crippen LogP contribution in [0.2, 0.25) is 0 Å². The predicted molar refractivity (Wildman–Crippen MR) is 97.7 cm³/mol. The van der Waals surface area contributed by atoms with E-state index in [9.17, 15) is 14.4 Å². The van der Waals surface area contributed by atoms with Crippen molar-refractivity contribution in [2.24, 2.45) is 5.73 Å². The second-order valence-electron chi connectivity index (χ2n) is 6.38. The van der Waals surface area contributed by atoms with Crippen molar-refractivity contribution in [2.75, 3.05) is 7.05 Å². The van der Waals surface area contributed by atoms with Gasteiger partial charge in [0.1, 0.15) is 0 Å². The van der Waals surface area contributed by atoms with Crippen LogP contribution in [0.5, 0.6) is 0 Å². The molecule has 134 valence electrons. The van der Waals surface area contributed by atoms with E-state index in [0.29, 0.717) is 23.2 Å².